The molecule has 1 atom stereocenters. The number of ether oxygens (including phenoxy) is 2. The van der Waals surface area contributed by atoms with Gasteiger partial charge in [0.15, 0.2) is 5.78 Å². The zero-order chi connectivity index (χ0) is 14.7. The standard InChI is InChI=1S/C18H24O3/c1-20-18(13-6-3-2-4-7-13)17(19)14-8-5-9-16(12-14)21-15-10-11-15/h5,8-9,12-13,15,18H,2-4,6-7,10-11H2,1H3. The van der Waals surface area contributed by atoms with Crippen LogP contribution in [-0.4, -0.2) is 25.1 Å². The molecule has 0 amide bonds. The van der Waals surface area contributed by atoms with E-state index in [1.54, 1.807) is 7.11 Å². The van der Waals surface area contributed by atoms with Gasteiger partial charge in [-0.15, -0.1) is 0 Å². The van der Waals surface area contributed by atoms with Gasteiger partial charge in [0.05, 0.1) is 6.10 Å². The molecule has 2 saturated carbocycles. The highest BCUT2D eigenvalue weighted by Gasteiger charge is 2.30. The van der Waals surface area contributed by atoms with Gasteiger partial charge in [0.2, 0.25) is 0 Å². The lowest BCUT2D eigenvalue weighted by molar-refractivity contribution is 0.0314. The molecule has 0 bridgehead atoms. The summed E-state index contributed by atoms with van der Waals surface area (Å²) in [6.45, 7) is 0. The summed E-state index contributed by atoms with van der Waals surface area (Å²) in [6.07, 6.45) is 8.21. The van der Waals surface area contributed by atoms with E-state index >= 15 is 0 Å². The first-order chi connectivity index (χ1) is 10.3. The highest BCUT2D eigenvalue weighted by molar-refractivity contribution is 6.00. The van der Waals surface area contributed by atoms with Gasteiger partial charge in [-0.05, 0) is 43.7 Å². The molecule has 1 unspecified atom stereocenters. The van der Waals surface area contributed by atoms with Crippen molar-refractivity contribution in [2.24, 2.45) is 5.92 Å². The Morgan fingerprint density at radius 2 is 1.90 bits per heavy atom. The van der Waals surface area contributed by atoms with E-state index < -0.39 is 0 Å². The van der Waals surface area contributed by atoms with E-state index in [-0.39, 0.29) is 11.9 Å². The van der Waals surface area contributed by atoms with Gasteiger partial charge in [-0.25, -0.2) is 0 Å². The second-order valence-corrected chi connectivity index (χ2v) is 6.26. The number of ketones is 1. The van der Waals surface area contributed by atoms with E-state index in [0.717, 1.165) is 31.4 Å². The molecule has 0 spiro atoms. The topological polar surface area (TPSA) is 35.5 Å². The molecule has 2 aliphatic carbocycles. The fourth-order valence-electron chi connectivity index (χ4n) is 3.22. The number of hydrogen-bond donors (Lipinski definition) is 0. The lowest BCUT2D eigenvalue weighted by Crippen LogP contribution is -2.33. The largest absolute Gasteiger partial charge is 0.490 e. The summed E-state index contributed by atoms with van der Waals surface area (Å²) in [5.74, 6) is 1.27. The molecule has 3 nitrogen and oxygen atoms in total. The fourth-order valence-corrected chi connectivity index (χ4v) is 3.22. The summed E-state index contributed by atoms with van der Waals surface area (Å²) in [6, 6.07) is 7.57. The SMILES string of the molecule is COC(C(=O)c1cccc(OC2CC2)c1)C1CCCCC1. The van der Waals surface area contributed by atoms with E-state index in [2.05, 4.69) is 0 Å². The van der Waals surface area contributed by atoms with E-state index in [4.69, 9.17) is 9.47 Å². The summed E-state index contributed by atoms with van der Waals surface area (Å²) in [5.41, 5.74) is 0.713. The highest BCUT2D eigenvalue weighted by atomic mass is 16.5. The molecular formula is C18H24O3. The second kappa shape index (κ2) is 6.61. The van der Waals surface area contributed by atoms with Crippen LogP contribution in [0.15, 0.2) is 24.3 Å². The summed E-state index contributed by atoms with van der Waals surface area (Å²) in [4.78, 5) is 12.7. The van der Waals surface area contributed by atoms with Crippen molar-refractivity contribution in [3.05, 3.63) is 29.8 Å². The monoisotopic (exact) mass is 288 g/mol. The number of carbonyl (C=O) groups is 1. The third-order valence-electron chi connectivity index (χ3n) is 4.54. The first kappa shape index (κ1) is 14.6. The normalized spacial score (nSPS) is 21.0. The molecule has 0 aromatic heterocycles. The van der Waals surface area contributed by atoms with Gasteiger partial charge in [-0.1, -0.05) is 31.4 Å². The number of rotatable bonds is 6. The molecule has 1 aromatic carbocycles. The van der Waals surface area contributed by atoms with E-state index in [1.807, 2.05) is 24.3 Å². The molecule has 2 fully saturated rings. The quantitative estimate of drug-likeness (QED) is 0.742. The highest BCUT2D eigenvalue weighted by Crippen LogP contribution is 2.31. The summed E-state index contributed by atoms with van der Waals surface area (Å²) in [7, 11) is 1.65. The molecule has 0 saturated heterocycles. The molecule has 0 aliphatic heterocycles. The molecule has 1 aromatic rings. The lowest BCUT2D eigenvalue weighted by Gasteiger charge is -2.28. The number of carbonyl (C=O) groups excluding carboxylic acids is 1. The van der Waals surface area contributed by atoms with Crippen LogP contribution in [-0.2, 0) is 4.74 Å². The average molecular weight is 288 g/mol. The van der Waals surface area contributed by atoms with Crippen molar-refractivity contribution in [2.75, 3.05) is 7.11 Å². The molecule has 114 valence electrons. The Balaban J connectivity index is 1.72. The zero-order valence-electron chi connectivity index (χ0n) is 12.7. The Kier molecular flexibility index (Phi) is 4.59. The smallest absolute Gasteiger partial charge is 0.191 e. The maximum atomic E-state index is 12.7. The van der Waals surface area contributed by atoms with Crippen LogP contribution >= 0.6 is 0 Å². The molecule has 3 rings (SSSR count). The molecule has 21 heavy (non-hydrogen) atoms. The molecular weight excluding hydrogens is 264 g/mol. The van der Waals surface area contributed by atoms with Crippen LogP contribution in [0, 0.1) is 5.92 Å². The van der Waals surface area contributed by atoms with Gasteiger partial charge in [-0.2, -0.15) is 0 Å². The lowest BCUT2D eigenvalue weighted by atomic mass is 9.82. The van der Waals surface area contributed by atoms with Crippen molar-refractivity contribution in [2.45, 2.75) is 57.2 Å². The first-order valence-electron chi connectivity index (χ1n) is 8.11. The van der Waals surface area contributed by atoms with Crippen LogP contribution in [0.1, 0.15) is 55.3 Å². The molecule has 0 N–H and O–H groups in total. The minimum atomic E-state index is -0.304. The van der Waals surface area contributed by atoms with Gasteiger partial charge in [0.25, 0.3) is 0 Å². The minimum Gasteiger partial charge on any atom is -0.490 e. The van der Waals surface area contributed by atoms with Crippen LogP contribution in [0.25, 0.3) is 0 Å². The summed E-state index contributed by atoms with van der Waals surface area (Å²) < 4.78 is 11.3. The Morgan fingerprint density at radius 1 is 1.14 bits per heavy atom. The zero-order valence-corrected chi connectivity index (χ0v) is 12.7. The molecule has 2 aliphatic rings. The van der Waals surface area contributed by atoms with Gasteiger partial charge < -0.3 is 9.47 Å². The van der Waals surface area contributed by atoms with Crippen molar-refractivity contribution >= 4 is 5.78 Å². The van der Waals surface area contributed by atoms with Gasteiger partial charge in [-0.3, -0.25) is 4.79 Å². The second-order valence-electron chi connectivity index (χ2n) is 6.26. The van der Waals surface area contributed by atoms with Gasteiger partial charge >= 0.3 is 0 Å². The first-order valence-corrected chi connectivity index (χ1v) is 8.11. The number of hydrogen-bond acceptors (Lipinski definition) is 3. The van der Waals surface area contributed by atoms with Crippen LogP contribution < -0.4 is 4.74 Å². The van der Waals surface area contributed by atoms with Crippen molar-refractivity contribution in [1.29, 1.82) is 0 Å². The van der Waals surface area contributed by atoms with Gasteiger partial charge in [0.1, 0.15) is 11.9 Å². The summed E-state index contributed by atoms with van der Waals surface area (Å²) >= 11 is 0. The molecule has 0 heterocycles. The summed E-state index contributed by atoms with van der Waals surface area (Å²) in [5, 5.41) is 0. The van der Waals surface area contributed by atoms with Crippen LogP contribution in [0.3, 0.4) is 0 Å². The van der Waals surface area contributed by atoms with E-state index in [9.17, 15) is 4.79 Å². The predicted octanol–water partition coefficient (Wildman–Crippen LogP) is 4.01. The van der Waals surface area contributed by atoms with Crippen molar-refractivity contribution in [1.82, 2.24) is 0 Å². The van der Waals surface area contributed by atoms with E-state index in [1.165, 1.54) is 19.3 Å². The predicted molar refractivity (Wildman–Crippen MR) is 81.8 cm³/mol. The fraction of sp³-hybridized carbons (Fsp3) is 0.611. The Hall–Kier alpha value is -1.35. The maximum absolute atomic E-state index is 12.7. The Labute approximate surface area is 126 Å². The van der Waals surface area contributed by atoms with Crippen molar-refractivity contribution < 1.29 is 14.3 Å². The molecule has 3 heteroatoms. The average Bonchev–Trinajstić information content (AvgIpc) is 3.33. The number of methoxy groups -OCH3 is 1. The van der Waals surface area contributed by atoms with Crippen LogP contribution in [0.4, 0.5) is 0 Å². The Morgan fingerprint density at radius 3 is 2.57 bits per heavy atom. The van der Waals surface area contributed by atoms with Crippen LogP contribution in [0.2, 0.25) is 0 Å². The van der Waals surface area contributed by atoms with Crippen molar-refractivity contribution in [3.8, 4) is 5.75 Å². The van der Waals surface area contributed by atoms with Crippen molar-refractivity contribution in [3.63, 3.8) is 0 Å². The van der Waals surface area contributed by atoms with E-state index in [0.29, 0.717) is 17.6 Å². The Bertz CT molecular complexity index is 487. The van der Waals surface area contributed by atoms with Gasteiger partial charge in [0, 0.05) is 12.7 Å². The van der Waals surface area contributed by atoms with Crippen LogP contribution in [0.5, 0.6) is 5.75 Å². The maximum Gasteiger partial charge on any atom is 0.191 e. The molecule has 0 radical (unpaired) electrons. The third-order valence-corrected chi connectivity index (χ3v) is 4.54. The number of benzene rings is 1. The minimum absolute atomic E-state index is 0.102. The number of Topliss-reactive ketones (excluding diaryl/α,β-unsaturated/α-hetero) is 1. The third kappa shape index (κ3) is 3.65.